The summed E-state index contributed by atoms with van der Waals surface area (Å²) in [5.74, 6) is 0.203. The third kappa shape index (κ3) is 5.48. The molecule has 1 rings (SSSR count). The Labute approximate surface area is 129 Å². The minimum atomic E-state index is -0.386. The van der Waals surface area contributed by atoms with E-state index in [4.69, 9.17) is 26.4 Å². The Kier molecular flexibility index (Phi) is 7.58. The number of hydrogen-bond donors (Lipinski definition) is 1. The Balaban J connectivity index is 2.56. The summed E-state index contributed by atoms with van der Waals surface area (Å²) >= 11 is 9.70. The van der Waals surface area contributed by atoms with E-state index in [1.54, 1.807) is 26.2 Å². The van der Waals surface area contributed by atoms with Gasteiger partial charge in [0.1, 0.15) is 5.75 Å². The zero-order valence-corrected chi connectivity index (χ0v) is 13.2. The zero-order chi connectivity index (χ0) is 15.0. The Hall–Kier alpha value is -1.11. The quantitative estimate of drug-likeness (QED) is 0.345. The van der Waals surface area contributed by atoms with Crippen LogP contribution >= 0.6 is 24.8 Å². The molecule has 20 heavy (non-hydrogen) atoms. The van der Waals surface area contributed by atoms with Crippen molar-refractivity contribution in [3.8, 4) is 5.75 Å². The summed E-state index contributed by atoms with van der Waals surface area (Å²) in [6, 6.07) is 7.19. The van der Waals surface area contributed by atoms with Crippen LogP contribution in [0.1, 0.15) is 12.5 Å². The van der Waals surface area contributed by atoms with Crippen LogP contribution in [0, 0.1) is 0 Å². The zero-order valence-electron chi connectivity index (χ0n) is 11.5. The molecule has 0 amide bonds. The summed E-state index contributed by atoms with van der Waals surface area (Å²) in [6.07, 6.45) is 0. The number of thiocarbonyl (C=S) groups is 1. The molecule has 1 aromatic carbocycles. The molecule has 1 atom stereocenters. The molecule has 0 fully saturated rings. The molecule has 1 unspecified atom stereocenters. The van der Waals surface area contributed by atoms with Gasteiger partial charge in [-0.1, -0.05) is 24.4 Å². The molecule has 4 nitrogen and oxygen atoms in total. The van der Waals surface area contributed by atoms with E-state index in [2.05, 4.69) is 12.6 Å². The van der Waals surface area contributed by atoms with Crippen molar-refractivity contribution in [2.45, 2.75) is 12.2 Å². The van der Waals surface area contributed by atoms with E-state index in [0.29, 0.717) is 23.8 Å². The summed E-state index contributed by atoms with van der Waals surface area (Å²) in [7, 11) is 1.61. The van der Waals surface area contributed by atoms with Gasteiger partial charge in [0.15, 0.2) is 6.61 Å². The maximum Gasteiger partial charge on any atom is 0.344 e. The second-order valence-corrected chi connectivity index (χ2v) is 5.02. The van der Waals surface area contributed by atoms with Crippen molar-refractivity contribution in [1.82, 2.24) is 0 Å². The lowest BCUT2D eigenvalue weighted by atomic mass is 10.1. The molecule has 0 aliphatic carbocycles. The Bertz CT molecular complexity index is 445. The first kappa shape index (κ1) is 16.9. The van der Waals surface area contributed by atoms with Crippen LogP contribution in [0.3, 0.4) is 0 Å². The highest BCUT2D eigenvalue weighted by molar-refractivity contribution is 7.87. The smallest absolute Gasteiger partial charge is 0.344 e. The highest BCUT2D eigenvalue weighted by Crippen LogP contribution is 2.16. The normalized spacial score (nSPS) is 11.8. The summed E-state index contributed by atoms with van der Waals surface area (Å²) in [6.45, 7) is 2.46. The molecular formula is C14H18O4S2. The highest BCUT2D eigenvalue weighted by atomic mass is 32.1. The molecule has 1 aromatic rings. The van der Waals surface area contributed by atoms with Gasteiger partial charge in [-0.25, -0.2) is 4.79 Å². The molecule has 0 radical (unpaired) electrons. The van der Waals surface area contributed by atoms with Crippen LogP contribution in [0.2, 0.25) is 0 Å². The highest BCUT2D eigenvalue weighted by Gasteiger charge is 2.12. The van der Waals surface area contributed by atoms with Gasteiger partial charge >= 0.3 is 5.97 Å². The predicted octanol–water partition coefficient (Wildman–Crippen LogP) is 2.29. The number of carbonyl (C=O) groups excluding carboxylic acids is 1. The van der Waals surface area contributed by atoms with Gasteiger partial charge in [0.05, 0.1) is 18.5 Å². The monoisotopic (exact) mass is 314 g/mol. The lowest BCUT2D eigenvalue weighted by molar-refractivity contribution is -0.145. The maximum atomic E-state index is 11.2. The average Bonchev–Trinajstić information content (AvgIpc) is 2.45. The maximum absolute atomic E-state index is 11.2. The lowest BCUT2D eigenvalue weighted by Crippen LogP contribution is -2.19. The van der Waals surface area contributed by atoms with Gasteiger partial charge in [-0.2, -0.15) is 12.6 Å². The molecule has 0 aliphatic rings. The fourth-order valence-electron chi connectivity index (χ4n) is 1.49. The van der Waals surface area contributed by atoms with E-state index in [1.807, 2.05) is 12.1 Å². The summed E-state index contributed by atoms with van der Waals surface area (Å²) < 4.78 is 15.1. The van der Waals surface area contributed by atoms with E-state index >= 15 is 0 Å². The minimum Gasteiger partial charge on any atom is -0.482 e. The number of benzene rings is 1. The van der Waals surface area contributed by atoms with Crippen molar-refractivity contribution in [3.63, 3.8) is 0 Å². The topological polar surface area (TPSA) is 44.8 Å². The summed E-state index contributed by atoms with van der Waals surface area (Å²) in [5.41, 5.74) is 0.889. The van der Waals surface area contributed by atoms with Crippen LogP contribution < -0.4 is 4.74 Å². The fourth-order valence-corrected chi connectivity index (χ4v) is 1.99. The molecule has 0 N–H and O–H groups in total. The van der Waals surface area contributed by atoms with Crippen molar-refractivity contribution in [2.75, 3.05) is 26.9 Å². The molecule has 6 heteroatoms. The average molecular weight is 314 g/mol. The van der Waals surface area contributed by atoms with Crippen molar-refractivity contribution in [1.29, 1.82) is 0 Å². The second kappa shape index (κ2) is 8.94. The summed E-state index contributed by atoms with van der Waals surface area (Å²) in [4.78, 5) is 11.9. The second-order valence-electron chi connectivity index (χ2n) is 3.95. The Morgan fingerprint density at radius 2 is 2.00 bits per heavy atom. The first-order valence-corrected chi connectivity index (χ1v) is 7.10. The van der Waals surface area contributed by atoms with Crippen molar-refractivity contribution in [2.24, 2.45) is 0 Å². The predicted molar refractivity (Wildman–Crippen MR) is 84.9 cm³/mol. The lowest BCUT2D eigenvalue weighted by Gasteiger charge is -2.12. The van der Waals surface area contributed by atoms with Crippen molar-refractivity contribution in [3.05, 3.63) is 29.8 Å². The van der Waals surface area contributed by atoms with Crippen LogP contribution in [0.5, 0.6) is 5.75 Å². The SMILES string of the molecule is CCOC(=O)COc1ccc(C(=S)C(S)COC)cc1. The number of esters is 1. The van der Waals surface area contributed by atoms with Gasteiger partial charge in [0.25, 0.3) is 0 Å². The van der Waals surface area contributed by atoms with Gasteiger partial charge in [-0.3, -0.25) is 0 Å². The number of carbonyl (C=O) groups is 1. The number of ether oxygens (including phenoxy) is 3. The Morgan fingerprint density at radius 3 is 2.55 bits per heavy atom. The van der Waals surface area contributed by atoms with E-state index in [-0.39, 0.29) is 17.8 Å². The third-order valence-electron chi connectivity index (χ3n) is 2.43. The standard InChI is InChI=1S/C14H18O4S2/c1-3-17-13(15)9-18-11-6-4-10(5-7-11)14(20)12(19)8-16-2/h4-7,12,19H,3,8-9H2,1-2H3. The van der Waals surface area contributed by atoms with Crippen molar-refractivity contribution < 1.29 is 19.0 Å². The molecule has 0 aliphatic heterocycles. The molecule has 0 saturated heterocycles. The number of thiol groups is 1. The first-order chi connectivity index (χ1) is 9.58. The van der Waals surface area contributed by atoms with Crippen LogP contribution in [0.15, 0.2) is 24.3 Å². The van der Waals surface area contributed by atoms with E-state index in [9.17, 15) is 4.79 Å². The fraction of sp³-hybridized carbons (Fsp3) is 0.429. The van der Waals surface area contributed by atoms with E-state index in [1.165, 1.54) is 0 Å². The molecule has 0 saturated carbocycles. The number of rotatable bonds is 8. The minimum absolute atomic E-state index is 0.101. The first-order valence-electron chi connectivity index (χ1n) is 6.18. The van der Waals surface area contributed by atoms with Gasteiger partial charge in [0, 0.05) is 12.0 Å². The molecule has 0 spiro atoms. The van der Waals surface area contributed by atoms with Crippen LogP contribution in [0.25, 0.3) is 0 Å². The van der Waals surface area contributed by atoms with Gasteiger partial charge in [0.2, 0.25) is 0 Å². The Morgan fingerprint density at radius 1 is 1.35 bits per heavy atom. The van der Waals surface area contributed by atoms with E-state index < -0.39 is 0 Å². The molecule has 0 aromatic heterocycles. The molecule has 0 bridgehead atoms. The van der Waals surface area contributed by atoms with Gasteiger partial charge in [-0.15, -0.1) is 0 Å². The number of hydrogen-bond acceptors (Lipinski definition) is 6. The van der Waals surface area contributed by atoms with Crippen LogP contribution in [-0.4, -0.2) is 43.0 Å². The largest absolute Gasteiger partial charge is 0.482 e. The number of methoxy groups -OCH3 is 1. The molecule has 0 heterocycles. The molecular weight excluding hydrogens is 296 g/mol. The van der Waals surface area contributed by atoms with Gasteiger partial charge in [-0.05, 0) is 24.6 Å². The van der Waals surface area contributed by atoms with Crippen LogP contribution in [0.4, 0.5) is 0 Å². The van der Waals surface area contributed by atoms with Crippen LogP contribution in [-0.2, 0) is 14.3 Å². The molecule has 110 valence electrons. The van der Waals surface area contributed by atoms with Crippen molar-refractivity contribution >= 4 is 35.7 Å². The van der Waals surface area contributed by atoms with E-state index in [0.717, 1.165) is 5.56 Å². The summed E-state index contributed by atoms with van der Waals surface area (Å²) in [5, 5.41) is -0.124. The third-order valence-corrected chi connectivity index (χ3v) is 3.53. The van der Waals surface area contributed by atoms with Gasteiger partial charge < -0.3 is 14.2 Å².